The van der Waals surface area contributed by atoms with Gasteiger partial charge >= 0.3 is 0 Å². The molecule has 0 amide bonds. The first-order chi connectivity index (χ1) is 15.8. The lowest BCUT2D eigenvalue weighted by Crippen LogP contribution is -2.39. The molecule has 0 spiro atoms. The number of nitrogens with zero attached hydrogens (tertiary/aromatic N) is 5. The molecule has 11 heteroatoms. The van der Waals surface area contributed by atoms with Gasteiger partial charge in [-0.15, -0.1) is 0 Å². The molecule has 0 radical (unpaired) electrons. The van der Waals surface area contributed by atoms with Crippen LogP contribution in [0, 0.1) is 9.49 Å². The molecule has 176 valence electrons. The van der Waals surface area contributed by atoms with Crippen molar-refractivity contribution in [2.75, 3.05) is 25.1 Å². The molecule has 1 atom stereocenters. The van der Waals surface area contributed by atoms with Crippen LogP contribution in [0.2, 0.25) is 0 Å². The largest absolute Gasteiger partial charge is 0.382 e. The number of nitrogens with two attached hydrogens (primary N) is 1. The van der Waals surface area contributed by atoms with Gasteiger partial charge in [-0.2, -0.15) is 0 Å². The molecule has 33 heavy (non-hydrogen) atoms. The maximum atomic E-state index is 12.0. The van der Waals surface area contributed by atoms with E-state index < -0.39 is 10.0 Å². The third-order valence-corrected chi connectivity index (χ3v) is 10.2. The fourth-order valence-corrected chi connectivity index (χ4v) is 7.62. The van der Waals surface area contributed by atoms with Crippen LogP contribution in [0.15, 0.2) is 28.5 Å². The van der Waals surface area contributed by atoms with E-state index in [0.717, 1.165) is 42.9 Å². The Kier molecular flexibility index (Phi) is 6.57. The van der Waals surface area contributed by atoms with Gasteiger partial charge in [-0.25, -0.2) is 27.7 Å². The van der Waals surface area contributed by atoms with Crippen molar-refractivity contribution in [1.82, 2.24) is 23.8 Å². The molecule has 0 saturated carbocycles. The number of aryl methyl sites for hydroxylation is 3. The van der Waals surface area contributed by atoms with Crippen molar-refractivity contribution < 1.29 is 8.42 Å². The molecule has 1 unspecified atom stereocenters. The summed E-state index contributed by atoms with van der Waals surface area (Å²) in [4.78, 5) is 14.6. The zero-order chi connectivity index (χ0) is 23.2. The summed E-state index contributed by atoms with van der Waals surface area (Å²) < 4.78 is 29.0. The second-order valence-electron chi connectivity index (χ2n) is 8.90. The monoisotopic (exact) mass is 598 g/mol. The van der Waals surface area contributed by atoms with Crippen molar-refractivity contribution in [2.24, 2.45) is 5.92 Å². The second kappa shape index (κ2) is 9.31. The maximum Gasteiger partial charge on any atom is 0.211 e. The van der Waals surface area contributed by atoms with Gasteiger partial charge in [0.2, 0.25) is 10.0 Å². The van der Waals surface area contributed by atoms with E-state index >= 15 is 0 Å². The van der Waals surface area contributed by atoms with Gasteiger partial charge in [-0.3, -0.25) is 0 Å². The van der Waals surface area contributed by atoms with Gasteiger partial charge in [0.25, 0.3) is 0 Å². The molecule has 1 aliphatic heterocycles. The van der Waals surface area contributed by atoms with Crippen molar-refractivity contribution >= 4 is 61.4 Å². The van der Waals surface area contributed by atoms with E-state index in [1.54, 1.807) is 16.1 Å². The smallest absolute Gasteiger partial charge is 0.211 e. The molecule has 3 aromatic rings. The molecule has 5 rings (SSSR count). The SMILES string of the molecule is CS(=O)(=O)N1CCCC(CCn2c(Sc3cc4c(cc3I)CCC4)nc3c(N)ncnc32)C1. The number of nitrogen functional groups attached to an aromatic ring is 1. The van der Waals surface area contributed by atoms with Crippen molar-refractivity contribution in [3.8, 4) is 0 Å². The minimum absolute atomic E-state index is 0.308. The van der Waals surface area contributed by atoms with E-state index in [0.29, 0.717) is 36.9 Å². The van der Waals surface area contributed by atoms with Gasteiger partial charge in [0, 0.05) is 28.1 Å². The highest BCUT2D eigenvalue weighted by molar-refractivity contribution is 14.1. The van der Waals surface area contributed by atoms with Gasteiger partial charge in [-0.05, 0) is 90.3 Å². The van der Waals surface area contributed by atoms with Gasteiger partial charge in [0.1, 0.15) is 6.33 Å². The van der Waals surface area contributed by atoms with Gasteiger partial charge in [0.05, 0.1) is 6.26 Å². The van der Waals surface area contributed by atoms with E-state index in [9.17, 15) is 8.42 Å². The lowest BCUT2D eigenvalue weighted by Gasteiger charge is -2.31. The summed E-state index contributed by atoms with van der Waals surface area (Å²) in [6, 6.07) is 4.60. The predicted octanol–water partition coefficient (Wildman–Crippen LogP) is 3.71. The summed E-state index contributed by atoms with van der Waals surface area (Å²) in [6.45, 7) is 1.90. The average Bonchev–Trinajstić information content (AvgIpc) is 3.37. The van der Waals surface area contributed by atoms with E-state index in [1.165, 1.54) is 38.6 Å². The normalized spacial score (nSPS) is 19.3. The number of hydrogen-bond acceptors (Lipinski definition) is 7. The fourth-order valence-electron chi connectivity index (χ4n) is 4.84. The first kappa shape index (κ1) is 23.3. The summed E-state index contributed by atoms with van der Waals surface area (Å²) in [7, 11) is -3.16. The van der Waals surface area contributed by atoms with Crippen LogP contribution in [-0.4, -0.2) is 51.6 Å². The zero-order valence-corrected chi connectivity index (χ0v) is 22.3. The van der Waals surface area contributed by atoms with Crippen LogP contribution in [0.25, 0.3) is 11.2 Å². The average molecular weight is 599 g/mol. The number of sulfonamides is 1. The molecule has 0 bridgehead atoms. The lowest BCUT2D eigenvalue weighted by atomic mass is 9.96. The van der Waals surface area contributed by atoms with Crippen LogP contribution >= 0.6 is 34.4 Å². The Balaban J connectivity index is 1.43. The molecule has 1 aliphatic carbocycles. The van der Waals surface area contributed by atoms with E-state index in [4.69, 9.17) is 10.7 Å². The molecule has 2 N–H and O–H groups in total. The standard InChI is InChI=1S/C22H27IN6O2S2/c1-33(30,31)28-8-3-4-14(12-28)7-9-29-21-19(20(24)25-13-26-21)27-22(29)32-18-11-16-6-2-5-15(16)10-17(18)23/h10-11,13-14H,2-9,12H2,1H3,(H2,24,25,26). The van der Waals surface area contributed by atoms with Crippen molar-refractivity contribution in [3.63, 3.8) is 0 Å². The third-order valence-electron chi connectivity index (χ3n) is 6.58. The highest BCUT2D eigenvalue weighted by atomic mass is 127. The number of rotatable bonds is 6. The number of halogens is 1. The van der Waals surface area contributed by atoms with Gasteiger partial charge in [-0.1, -0.05) is 11.8 Å². The number of aromatic nitrogens is 4. The third kappa shape index (κ3) is 4.87. The number of piperidine rings is 1. The summed E-state index contributed by atoms with van der Waals surface area (Å²) in [5, 5.41) is 0.851. The van der Waals surface area contributed by atoms with Crippen molar-refractivity contribution in [2.45, 2.75) is 55.1 Å². The maximum absolute atomic E-state index is 12.0. The first-order valence-electron chi connectivity index (χ1n) is 11.2. The highest BCUT2D eigenvalue weighted by Gasteiger charge is 2.26. The van der Waals surface area contributed by atoms with Gasteiger partial charge < -0.3 is 10.3 Å². The van der Waals surface area contributed by atoms with Crippen LogP contribution in [-0.2, 0) is 29.4 Å². The van der Waals surface area contributed by atoms with Crippen LogP contribution in [0.5, 0.6) is 0 Å². The Labute approximate surface area is 211 Å². The topological polar surface area (TPSA) is 107 Å². The van der Waals surface area contributed by atoms with Crippen LogP contribution in [0.3, 0.4) is 0 Å². The Morgan fingerprint density at radius 3 is 2.79 bits per heavy atom. The molecule has 2 aromatic heterocycles. The number of fused-ring (bicyclic) bond motifs is 2. The van der Waals surface area contributed by atoms with E-state index in [1.807, 2.05) is 0 Å². The Morgan fingerprint density at radius 2 is 2.00 bits per heavy atom. The zero-order valence-electron chi connectivity index (χ0n) is 18.5. The molecule has 1 fully saturated rings. The summed E-state index contributed by atoms with van der Waals surface area (Å²) in [5.41, 5.74) is 10.4. The summed E-state index contributed by atoms with van der Waals surface area (Å²) in [6.07, 6.45) is 9.07. The van der Waals surface area contributed by atoms with Gasteiger partial charge in [0.15, 0.2) is 22.1 Å². The number of benzene rings is 1. The molecule has 3 heterocycles. The predicted molar refractivity (Wildman–Crippen MR) is 139 cm³/mol. The molecule has 1 saturated heterocycles. The number of hydrogen-bond donors (Lipinski definition) is 1. The Morgan fingerprint density at radius 1 is 1.21 bits per heavy atom. The minimum atomic E-state index is -3.16. The van der Waals surface area contributed by atoms with Crippen LogP contribution in [0.1, 0.15) is 36.8 Å². The fraction of sp³-hybridized carbons (Fsp3) is 0.500. The molecular formula is C22H27IN6O2S2. The Bertz CT molecular complexity index is 1310. The summed E-state index contributed by atoms with van der Waals surface area (Å²) in [5.74, 6) is 0.688. The first-order valence-corrected chi connectivity index (χ1v) is 14.9. The van der Waals surface area contributed by atoms with Crippen molar-refractivity contribution in [3.05, 3.63) is 33.2 Å². The van der Waals surface area contributed by atoms with E-state index in [-0.39, 0.29) is 0 Å². The minimum Gasteiger partial charge on any atom is -0.382 e. The summed E-state index contributed by atoms with van der Waals surface area (Å²) >= 11 is 4.06. The van der Waals surface area contributed by atoms with Crippen molar-refractivity contribution in [1.29, 1.82) is 0 Å². The molecular weight excluding hydrogens is 571 g/mol. The number of anilines is 1. The van der Waals surface area contributed by atoms with Crippen LogP contribution in [0.4, 0.5) is 5.82 Å². The molecule has 8 nitrogen and oxygen atoms in total. The Hall–Kier alpha value is -1.44. The highest BCUT2D eigenvalue weighted by Crippen LogP contribution is 2.37. The van der Waals surface area contributed by atoms with Crippen LogP contribution < -0.4 is 5.73 Å². The second-order valence-corrected chi connectivity index (χ2v) is 13.1. The molecule has 1 aromatic carbocycles. The quantitative estimate of drug-likeness (QED) is 0.431. The van der Waals surface area contributed by atoms with E-state index in [2.05, 4.69) is 49.3 Å². The lowest BCUT2D eigenvalue weighted by molar-refractivity contribution is 0.249. The molecule has 2 aliphatic rings. The number of imidazole rings is 1.